The van der Waals surface area contributed by atoms with E-state index in [1.807, 2.05) is 0 Å². The van der Waals surface area contributed by atoms with Crippen LogP contribution in [0.3, 0.4) is 0 Å². The fraction of sp³-hybridized carbons (Fsp3) is 0.571. The van der Waals surface area contributed by atoms with E-state index in [4.69, 9.17) is 4.52 Å². The maximum Gasteiger partial charge on any atom is 0.257 e. The maximum absolute atomic E-state index is 12.6. The first-order chi connectivity index (χ1) is 10.4. The Kier molecular flexibility index (Phi) is 3.92. The highest BCUT2D eigenvalue weighted by molar-refractivity contribution is 7.89. The maximum atomic E-state index is 12.6. The van der Waals surface area contributed by atoms with Crippen molar-refractivity contribution >= 4 is 21.1 Å². The van der Waals surface area contributed by atoms with Gasteiger partial charge < -0.3 is 9.42 Å². The van der Waals surface area contributed by atoms with Gasteiger partial charge in [-0.1, -0.05) is 19.0 Å². The van der Waals surface area contributed by atoms with Gasteiger partial charge in [-0.15, -0.1) is 0 Å². The van der Waals surface area contributed by atoms with Crippen molar-refractivity contribution in [2.24, 2.45) is 5.92 Å². The molecule has 1 N–H and O–H groups in total. The summed E-state index contributed by atoms with van der Waals surface area (Å²) in [5, 5.41) is 4.42. The molecule has 120 valence electrons. The predicted molar refractivity (Wildman–Crippen MR) is 81.9 cm³/mol. The Morgan fingerprint density at radius 3 is 2.91 bits per heavy atom. The second-order valence-corrected chi connectivity index (χ2v) is 7.56. The minimum atomic E-state index is -3.60. The number of nitrogens with zero attached hydrogens (tertiary/aromatic N) is 3. The molecule has 1 aliphatic heterocycles. The lowest BCUT2D eigenvalue weighted by atomic mass is 10.1. The van der Waals surface area contributed by atoms with Crippen LogP contribution in [0.15, 0.2) is 21.7 Å². The smallest absolute Gasteiger partial charge is 0.257 e. The lowest BCUT2D eigenvalue weighted by molar-refractivity contribution is 0.344. The molecule has 1 fully saturated rings. The van der Waals surface area contributed by atoms with Crippen molar-refractivity contribution in [3.05, 3.63) is 18.0 Å². The monoisotopic (exact) mass is 324 g/mol. The van der Waals surface area contributed by atoms with E-state index in [-0.39, 0.29) is 16.9 Å². The third-order valence-electron chi connectivity index (χ3n) is 4.24. The molecule has 7 nitrogen and oxygen atoms in total. The lowest BCUT2D eigenvalue weighted by Crippen LogP contribution is -2.39. The van der Waals surface area contributed by atoms with Crippen LogP contribution < -0.4 is 4.72 Å². The molecule has 1 saturated heterocycles. The average molecular weight is 324 g/mol. The highest BCUT2D eigenvalue weighted by Gasteiger charge is 2.32. The fourth-order valence-corrected chi connectivity index (χ4v) is 4.12. The van der Waals surface area contributed by atoms with Gasteiger partial charge in [-0.25, -0.2) is 18.1 Å². The number of hydrogen-bond acceptors (Lipinski definition) is 6. The van der Waals surface area contributed by atoms with Crippen LogP contribution in [0.5, 0.6) is 0 Å². The summed E-state index contributed by atoms with van der Waals surface area (Å²) in [6, 6.07) is 1.48. The Hall–Kier alpha value is -1.51. The molecule has 3 heterocycles. The third kappa shape index (κ3) is 2.73. The molecule has 0 saturated carbocycles. The largest absolute Gasteiger partial charge is 0.336 e. The van der Waals surface area contributed by atoms with Crippen molar-refractivity contribution in [3.8, 4) is 0 Å². The Labute approximate surface area is 129 Å². The van der Waals surface area contributed by atoms with E-state index >= 15 is 0 Å². The number of aromatic nitrogens is 2. The lowest BCUT2D eigenvalue weighted by Gasteiger charge is -2.16. The zero-order chi connectivity index (χ0) is 15.9. The summed E-state index contributed by atoms with van der Waals surface area (Å²) in [6.07, 6.45) is 1.31. The normalized spacial score (nSPS) is 23.4. The molecule has 2 aromatic heterocycles. The molecule has 1 aliphatic rings. The van der Waals surface area contributed by atoms with E-state index in [0.717, 1.165) is 19.6 Å². The van der Waals surface area contributed by atoms with E-state index in [0.29, 0.717) is 16.8 Å². The SMILES string of the molecule is CCN1C[C@@H](C)[C@@H](NS(=O)(=O)c2cnc3onc(C)c3c2)C1. The van der Waals surface area contributed by atoms with E-state index in [9.17, 15) is 8.42 Å². The summed E-state index contributed by atoms with van der Waals surface area (Å²) in [5.41, 5.74) is 0.980. The predicted octanol–water partition coefficient (Wildman–Crippen LogP) is 1.15. The first-order valence-corrected chi connectivity index (χ1v) is 8.85. The van der Waals surface area contributed by atoms with Crippen LogP contribution in [0.2, 0.25) is 0 Å². The molecule has 0 unspecified atom stereocenters. The summed E-state index contributed by atoms with van der Waals surface area (Å²) in [7, 11) is -3.60. The Morgan fingerprint density at radius 1 is 1.45 bits per heavy atom. The molecule has 0 radical (unpaired) electrons. The number of likely N-dealkylation sites (N-methyl/N-ethyl adjacent to an activating group) is 1. The molecular formula is C14H20N4O3S. The second-order valence-electron chi connectivity index (χ2n) is 5.85. The second kappa shape index (κ2) is 5.60. The van der Waals surface area contributed by atoms with Gasteiger partial charge in [0.05, 0.1) is 17.3 Å². The van der Waals surface area contributed by atoms with Gasteiger partial charge in [-0.2, -0.15) is 0 Å². The Morgan fingerprint density at radius 2 is 2.23 bits per heavy atom. The number of fused-ring (bicyclic) bond motifs is 1. The zero-order valence-electron chi connectivity index (χ0n) is 12.9. The average Bonchev–Trinajstić information content (AvgIpc) is 3.02. The minimum Gasteiger partial charge on any atom is -0.336 e. The van der Waals surface area contributed by atoms with Crippen molar-refractivity contribution in [2.45, 2.75) is 31.7 Å². The summed E-state index contributed by atoms with van der Waals surface area (Å²) in [4.78, 5) is 6.42. The molecule has 8 heteroatoms. The highest BCUT2D eigenvalue weighted by Crippen LogP contribution is 2.22. The molecule has 0 bridgehead atoms. The van der Waals surface area contributed by atoms with Crippen molar-refractivity contribution in [2.75, 3.05) is 19.6 Å². The van der Waals surface area contributed by atoms with Crippen LogP contribution >= 0.6 is 0 Å². The fourth-order valence-electron chi connectivity index (χ4n) is 2.82. The van der Waals surface area contributed by atoms with Crippen LogP contribution in [-0.2, 0) is 10.0 Å². The molecule has 0 spiro atoms. The van der Waals surface area contributed by atoms with Gasteiger partial charge in [-0.05, 0) is 25.5 Å². The van der Waals surface area contributed by atoms with Gasteiger partial charge in [0.15, 0.2) is 0 Å². The van der Waals surface area contributed by atoms with Gasteiger partial charge in [0.2, 0.25) is 10.0 Å². The van der Waals surface area contributed by atoms with Crippen molar-refractivity contribution in [1.82, 2.24) is 19.8 Å². The summed E-state index contributed by atoms with van der Waals surface area (Å²) >= 11 is 0. The van der Waals surface area contributed by atoms with E-state index < -0.39 is 10.0 Å². The number of rotatable bonds is 4. The van der Waals surface area contributed by atoms with E-state index in [1.165, 1.54) is 6.20 Å². The van der Waals surface area contributed by atoms with Crippen molar-refractivity contribution in [3.63, 3.8) is 0 Å². The van der Waals surface area contributed by atoms with Gasteiger partial charge >= 0.3 is 0 Å². The van der Waals surface area contributed by atoms with Crippen LogP contribution in [-0.4, -0.2) is 49.1 Å². The highest BCUT2D eigenvalue weighted by atomic mass is 32.2. The molecule has 0 aliphatic carbocycles. The number of aryl methyl sites for hydroxylation is 1. The number of likely N-dealkylation sites (tertiary alicyclic amines) is 1. The van der Waals surface area contributed by atoms with Gasteiger partial charge in [0.25, 0.3) is 5.71 Å². The quantitative estimate of drug-likeness (QED) is 0.907. The minimum absolute atomic E-state index is 0.0794. The topological polar surface area (TPSA) is 88.3 Å². The summed E-state index contributed by atoms with van der Waals surface area (Å²) in [5.74, 6) is 0.281. The molecular weight excluding hydrogens is 304 g/mol. The number of nitrogens with one attached hydrogen (secondary N) is 1. The van der Waals surface area contributed by atoms with Crippen LogP contribution in [0.25, 0.3) is 11.1 Å². The van der Waals surface area contributed by atoms with Crippen molar-refractivity contribution < 1.29 is 12.9 Å². The summed E-state index contributed by atoms with van der Waals surface area (Å²) < 4.78 is 33.0. The molecule has 0 aromatic carbocycles. The van der Waals surface area contributed by atoms with E-state index in [1.54, 1.807) is 13.0 Å². The molecule has 2 atom stereocenters. The van der Waals surface area contributed by atoms with E-state index in [2.05, 4.69) is 33.6 Å². The van der Waals surface area contributed by atoms with Crippen LogP contribution in [0, 0.1) is 12.8 Å². The van der Waals surface area contributed by atoms with Crippen molar-refractivity contribution in [1.29, 1.82) is 0 Å². The Balaban J connectivity index is 1.86. The first kappa shape index (κ1) is 15.4. The first-order valence-electron chi connectivity index (χ1n) is 7.37. The van der Waals surface area contributed by atoms with Crippen LogP contribution in [0.1, 0.15) is 19.5 Å². The molecule has 2 aromatic rings. The number of sulfonamides is 1. The Bertz CT molecular complexity index is 786. The molecule has 0 amide bonds. The van der Waals surface area contributed by atoms with Gasteiger partial charge in [-0.3, -0.25) is 0 Å². The molecule has 3 rings (SSSR count). The zero-order valence-corrected chi connectivity index (χ0v) is 13.7. The number of pyridine rings is 1. The summed E-state index contributed by atoms with van der Waals surface area (Å²) in [6.45, 7) is 8.47. The standard InChI is InChI=1S/C14H20N4O3S/c1-4-18-7-9(2)13(8-18)17-22(19,20)11-5-12-10(3)16-21-14(12)15-6-11/h5-6,9,13,17H,4,7-8H2,1-3H3/t9-,13+/m1/s1. The third-order valence-corrected chi connectivity index (χ3v) is 5.69. The van der Waals surface area contributed by atoms with Gasteiger partial charge in [0.1, 0.15) is 4.90 Å². The molecule has 22 heavy (non-hydrogen) atoms. The van der Waals surface area contributed by atoms with Gasteiger partial charge in [0, 0.05) is 19.1 Å². The van der Waals surface area contributed by atoms with Crippen LogP contribution in [0.4, 0.5) is 0 Å². The number of hydrogen-bond donors (Lipinski definition) is 1.